The second-order valence-electron chi connectivity index (χ2n) is 6.42. The summed E-state index contributed by atoms with van der Waals surface area (Å²) in [7, 11) is 0. The van der Waals surface area contributed by atoms with Gasteiger partial charge in [0.05, 0.1) is 10.7 Å². The van der Waals surface area contributed by atoms with E-state index in [0.717, 1.165) is 5.69 Å². The molecule has 0 saturated carbocycles. The first-order valence-corrected chi connectivity index (χ1v) is 9.48. The van der Waals surface area contributed by atoms with E-state index in [0.29, 0.717) is 49.9 Å². The Morgan fingerprint density at radius 2 is 1.57 bits per heavy atom. The van der Waals surface area contributed by atoms with Crippen molar-refractivity contribution in [2.75, 3.05) is 44.2 Å². The Kier molecular flexibility index (Phi) is 6.71. The highest BCUT2D eigenvalue weighted by atomic mass is 35.5. The highest BCUT2D eigenvalue weighted by Crippen LogP contribution is 2.25. The van der Waals surface area contributed by atoms with Crippen LogP contribution in [-0.2, 0) is 0 Å². The summed E-state index contributed by atoms with van der Waals surface area (Å²) in [6.45, 7) is 3.22. The van der Waals surface area contributed by atoms with Crippen LogP contribution in [0.3, 0.4) is 0 Å². The third kappa shape index (κ3) is 5.13. The minimum Gasteiger partial charge on any atom is -0.367 e. The van der Waals surface area contributed by atoms with Crippen LogP contribution in [0.5, 0.6) is 0 Å². The van der Waals surface area contributed by atoms with E-state index in [9.17, 15) is 14.0 Å². The van der Waals surface area contributed by atoms with E-state index in [1.807, 2.05) is 24.3 Å². The minimum absolute atomic E-state index is 0.158. The molecule has 148 valence electrons. The molecular weight excluding hydrogens is 383 g/mol. The molecule has 0 atom stereocenters. The maximum absolute atomic E-state index is 12.9. The van der Waals surface area contributed by atoms with Gasteiger partial charge in [-0.25, -0.2) is 9.18 Å². The molecule has 8 heteroatoms. The Hall–Kier alpha value is -2.80. The van der Waals surface area contributed by atoms with Crippen molar-refractivity contribution in [2.24, 2.45) is 0 Å². The number of nitrogens with zero attached hydrogens (tertiary/aromatic N) is 2. The van der Waals surface area contributed by atoms with Gasteiger partial charge in [0, 0.05) is 44.8 Å². The fourth-order valence-electron chi connectivity index (χ4n) is 3.02. The van der Waals surface area contributed by atoms with Crippen LogP contribution in [0.2, 0.25) is 5.02 Å². The number of halogens is 2. The zero-order chi connectivity index (χ0) is 19.9. The zero-order valence-electron chi connectivity index (χ0n) is 15.3. The van der Waals surface area contributed by atoms with Crippen molar-refractivity contribution in [1.82, 2.24) is 15.5 Å². The predicted octanol–water partition coefficient (Wildman–Crippen LogP) is 2.74. The number of carbonyl (C=O) groups is 2. The van der Waals surface area contributed by atoms with Gasteiger partial charge in [-0.3, -0.25) is 4.79 Å². The molecule has 1 aliphatic rings. The third-order valence-corrected chi connectivity index (χ3v) is 4.87. The molecule has 0 bridgehead atoms. The van der Waals surface area contributed by atoms with E-state index in [-0.39, 0.29) is 11.9 Å². The topological polar surface area (TPSA) is 64.7 Å². The Morgan fingerprint density at radius 1 is 0.929 bits per heavy atom. The summed E-state index contributed by atoms with van der Waals surface area (Å²) < 4.78 is 12.9. The lowest BCUT2D eigenvalue weighted by Crippen LogP contribution is -2.52. The monoisotopic (exact) mass is 404 g/mol. The van der Waals surface area contributed by atoms with Gasteiger partial charge in [-0.15, -0.1) is 0 Å². The molecule has 2 aromatic carbocycles. The average Bonchev–Trinajstić information content (AvgIpc) is 2.72. The van der Waals surface area contributed by atoms with Gasteiger partial charge >= 0.3 is 6.03 Å². The van der Waals surface area contributed by atoms with Crippen molar-refractivity contribution in [2.45, 2.75) is 0 Å². The Morgan fingerprint density at radius 3 is 2.25 bits per heavy atom. The first-order valence-electron chi connectivity index (χ1n) is 9.10. The predicted molar refractivity (Wildman–Crippen MR) is 107 cm³/mol. The fraction of sp³-hybridized carbons (Fsp3) is 0.300. The van der Waals surface area contributed by atoms with Crippen molar-refractivity contribution in [1.29, 1.82) is 0 Å². The van der Waals surface area contributed by atoms with Gasteiger partial charge in [-0.2, -0.15) is 0 Å². The minimum atomic E-state index is -0.390. The molecule has 3 rings (SSSR count). The first-order chi connectivity index (χ1) is 13.5. The van der Waals surface area contributed by atoms with Crippen LogP contribution in [0.1, 0.15) is 10.4 Å². The zero-order valence-corrected chi connectivity index (χ0v) is 16.1. The number of carbonyl (C=O) groups excluding carboxylic acids is 2. The number of nitrogens with one attached hydrogen (secondary N) is 2. The summed E-state index contributed by atoms with van der Waals surface area (Å²) in [5, 5.41) is 6.20. The molecule has 2 N–H and O–H groups in total. The summed E-state index contributed by atoms with van der Waals surface area (Å²) in [5.41, 5.74) is 1.36. The first kappa shape index (κ1) is 19.9. The summed E-state index contributed by atoms with van der Waals surface area (Å²) >= 11 is 6.23. The van der Waals surface area contributed by atoms with E-state index in [4.69, 9.17) is 11.6 Å². The fourth-order valence-corrected chi connectivity index (χ4v) is 3.27. The lowest BCUT2D eigenvalue weighted by Gasteiger charge is -2.36. The molecule has 2 aromatic rings. The SMILES string of the molecule is O=C(NCCNC(=O)N1CCN(c2ccccc2Cl)CC1)c1ccc(F)cc1. The normalized spacial score (nSPS) is 13.9. The van der Waals surface area contributed by atoms with Crippen LogP contribution >= 0.6 is 11.6 Å². The number of urea groups is 1. The van der Waals surface area contributed by atoms with Crippen LogP contribution in [-0.4, -0.2) is 56.1 Å². The van der Waals surface area contributed by atoms with Gasteiger partial charge in [-0.1, -0.05) is 23.7 Å². The van der Waals surface area contributed by atoms with Crippen molar-refractivity contribution in [3.8, 4) is 0 Å². The van der Waals surface area contributed by atoms with Crippen molar-refractivity contribution >= 4 is 29.2 Å². The summed E-state index contributed by atoms with van der Waals surface area (Å²) in [5.74, 6) is -0.693. The molecule has 6 nitrogen and oxygen atoms in total. The molecule has 1 heterocycles. The maximum atomic E-state index is 12.9. The van der Waals surface area contributed by atoms with E-state index < -0.39 is 5.82 Å². The van der Waals surface area contributed by atoms with Gasteiger partial charge in [0.25, 0.3) is 5.91 Å². The molecule has 1 saturated heterocycles. The standard InChI is InChI=1S/C20H22ClFN4O2/c21-17-3-1-2-4-18(17)25-11-13-26(14-12-25)20(28)24-10-9-23-19(27)15-5-7-16(22)8-6-15/h1-8H,9-14H2,(H,23,27)(H,24,28). The van der Waals surface area contributed by atoms with E-state index in [2.05, 4.69) is 15.5 Å². The number of rotatable bonds is 5. The van der Waals surface area contributed by atoms with Crippen LogP contribution in [0.4, 0.5) is 14.9 Å². The van der Waals surface area contributed by atoms with Crippen LogP contribution in [0, 0.1) is 5.82 Å². The molecule has 1 aliphatic heterocycles. The molecule has 0 spiro atoms. The van der Waals surface area contributed by atoms with Crippen LogP contribution in [0.25, 0.3) is 0 Å². The van der Waals surface area contributed by atoms with Crippen LogP contribution < -0.4 is 15.5 Å². The van der Waals surface area contributed by atoms with Crippen molar-refractivity contribution in [3.63, 3.8) is 0 Å². The van der Waals surface area contributed by atoms with Gasteiger partial charge in [0.1, 0.15) is 5.82 Å². The number of para-hydroxylation sites is 1. The highest BCUT2D eigenvalue weighted by Gasteiger charge is 2.22. The quantitative estimate of drug-likeness (QED) is 0.753. The maximum Gasteiger partial charge on any atom is 0.317 e. The van der Waals surface area contributed by atoms with Crippen LogP contribution in [0.15, 0.2) is 48.5 Å². The second-order valence-corrected chi connectivity index (χ2v) is 6.83. The highest BCUT2D eigenvalue weighted by molar-refractivity contribution is 6.33. The number of piperazine rings is 1. The summed E-state index contributed by atoms with van der Waals surface area (Å²) in [6.07, 6.45) is 0. The molecule has 0 unspecified atom stereocenters. The molecule has 0 radical (unpaired) electrons. The number of hydrogen-bond acceptors (Lipinski definition) is 3. The number of amides is 3. The average molecular weight is 405 g/mol. The van der Waals surface area contributed by atoms with Gasteiger partial charge in [-0.05, 0) is 36.4 Å². The molecule has 3 amide bonds. The van der Waals surface area contributed by atoms with Gasteiger partial charge in [0.2, 0.25) is 0 Å². The summed E-state index contributed by atoms with van der Waals surface area (Å²) in [4.78, 5) is 28.1. The largest absolute Gasteiger partial charge is 0.367 e. The Bertz CT molecular complexity index is 823. The second kappa shape index (κ2) is 9.41. The Labute approximate surface area is 168 Å². The molecule has 0 aliphatic carbocycles. The lowest BCUT2D eigenvalue weighted by atomic mass is 10.2. The number of benzene rings is 2. The molecule has 1 fully saturated rings. The molecule has 0 aromatic heterocycles. The summed E-state index contributed by atoms with van der Waals surface area (Å²) in [6, 6.07) is 12.8. The van der Waals surface area contributed by atoms with Crippen molar-refractivity contribution < 1.29 is 14.0 Å². The van der Waals surface area contributed by atoms with E-state index in [1.165, 1.54) is 24.3 Å². The lowest BCUT2D eigenvalue weighted by molar-refractivity contribution is 0.0953. The number of hydrogen-bond donors (Lipinski definition) is 2. The molecular formula is C20H22ClFN4O2. The smallest absolute Gasteiger partial charge is 0.317 e. The van der Waals surface area contributed by atoms with Crippen molar-refractivity contribution in [3.05, 3.63) is 64.9 Å². The number of anilines is 1. The Balaban J connectivity index is 1.37. The van der Waals surface area contributed by atoms with E-state index >= 15 is 0 Å². The van der Waals surface area contributed by atoms with E-state index in [1.54, 1.807) is 4.90 Å². The molecule has 28 heavy (non-hydrogen) atoms. The van der Waals surface area contributed by atoms with Gasteiger partial charge < -0.3 is 20.4 Å². The third-order valence-electron chi connectivity index (χ3n) is 4.55. The van der Waals surface area contributed by atoms with Gasteiger partial charge in [0.15, 0.2) is 0 Å².